The largest absolute Gasteiger partial charge is 0.421 e. The Morgan fingerprint density at radius 2 is 1.74 bits per heavy atom. The van der Waals surface area contributed by atoms with Crippen molar-refractivity contribution < 1.29 is 9.52 Å². The molecular weight excluding hydrogens is 242 g/mol. The van der Waals surface area contributed by atoms with Gasteiger partial charge < -0.3 is 15.3 Å². The Kier molecular flexibility index (Phi) is 2.51. The van der Waals surface area contributed by atoms with Gasteiger partial charge in [-0.25, -0.2) is 0 Å². The molecule has 4 aliphatic rings. The standard InChI is InChI=1S/C14H21N3O2/c15-7-11-16-17-13(19-11)12(18)14-4-8-1-9(5-14)3-10(2-8)6-14/h8-10,12,18H,1-7,15H2. The molecule has 104 valence electrons. The molecule has 0 amide bonds. The van der Waals surface area contributed by atoms with Crippen molar-refractivity contribution in [2.45, 2.75) is 51.2 Å². The molecular formula is C14H21N3O2. The average Bonchev–Trinajstić information content (AvgIpc) is 2.84. The van der Waals surface area contributed by atoms with Crippen LogP contribution >= 0.6 is 0 Å². The molecule has 5 rings (SSSR count). The first kappa shape index (κ1) is 11.9. The molecule has 4 bridgehead atoms. The minimum Gasteiger partial charge on any atom is -0.421 e. The summed E-state index contributed by atoms with van der Waals surface area (Å²) in [4.78, 5) is 0. The molecule has 0 aliphatic heterocycles. The maximum Gasteiger partial charge on any atom is 0.245 e. The van der Waals surface area contributed by atoms with E-state index in [-0.39, 0.29) is 12.0 Å². The third-order valence-corrected chi connectivity index (χ3v) is 5.56. The van der Waals surface area contributed by atoms with Gasteiger partial charge in [-0.05, 0) is 56.3 Å². The van der Waals surface area contributed by atoms with E-state index in [0.717, 1.165) is 37.0 Å². The van der Waals surface area contributed by atoms with Crippen LogP contribution in [0.25, 0.3) is 0 Å². The average molecular weight is 263 g/mol. The van der Waals surface area contributed by atoms with E-state index in [2.05, 4.69) is 10.2 Å². The molecule has 19 heavy (non-hydrogen) atoms. The zero-order valence-corrected chi connectivity index (χ0v) is 11.1. The lowest BCUT2D eigenvalue weighted by atomic mass is 9.48. The summed E-state index contributed by atoms with van der Waals surface area (Å²) >= 11 is 0. The quantitative estimate of drug-likeness (QED) is 0.868. The highest BCUT2D eigenvalue weighted by Gasteiger charge is 2.55. The zero-order chi connectivity index (χ0) is 13.0. The number of hydrogen-bond acceptors (Lipinski definition) is 5. The second kappa shape index (κ2) is 4.03. The van der Waals surface area contributed by atoms with Crippen LogP contribution < -0.4 is 5.73 Å². The lowest BCUT2D eigenvalue weighted by Gasteiger charge is -2.57. The fraction of sp³-hybridized carbons (Fsp3) is 0.857. The van der Waals surface area contributed by atoms with Gasteiger partial charge in [0.25, 0.3) is 0 Å². The van der Waals surface area contributed by atoms with Gasteiger partial charge in [-0.15, -0.1) is 10.2 Å². The van der Waals surface area contributed by atoms with Crippen molar-refractivity contribution in [3.63, 3.8) is 0 Å². The number of nitrogens with two attached hydrogens (primary N) is 1. The van der Waals surface area contributed by atoms with Crippen LogP contribution in [-0.2, 0) is 6.54 Å². The molecule has 0 saturated heterocycles. The van der Waals surface area contributed by atoms with E-state index in [1.807, 2.05) is 0 Å². The monoisotopic (exact) mass is 263 g/mol. The maximum absolute atomic E-state index is 10.8. The second-order valence-electron chi connectivity index (χ2n) is 6.92. The first-order valence-electron chi connectivity index (χ1n) is 7.39. The summed E-state index contributed by atoms with van der Waals surface area (Å²) in [5.41, 5.74) is 5.48. The highest BCUT2D eigenvalue weighted by atomic mass is 16.4. The first-order valence-corrected chi connectivity index (χ1v) is 7.39. The summed E-state index contributed by atoms with van der Waals surface area (Å²) in [6, 6.07) is 0. The second-order valence-corrected chi connectivity index (χ2v) is 6.92. The number of aliphatic hydroxyl groups is 1. The Labute approximate surface area is 112 Å². The van der Waals surface area contributed by atoms with E-state index >= 15 is 0 Å². The van der Waals surface area contributed by atoms with Crippen LogP contribution in [0.15, 0.2) is 4.42 Å². The Bertz CT molecular complexity index is 450. The lowest BCUT2D eigenvalue weighted by Crippen LogP contribution is -2.48. The Morgan fingerprint density at radius 3 is 2.21 bits per heavy atom. The molecule has 4 fully saturated rings. The van der Waals surface area contributed by atoms with Gasteiger partial charge >= 0.3 is 0 Å². The SMILES string of the molecule is NCc1nnc(C(O)C23CC4CC(CC(C4)C2)C3)o1. The first-order chi connectivity index (χ1) is 9.18. The van der Waals surface area contributed by atoms with Gasteiger partial charge in [-0.1, -0.05) is 0 Å². The van der Waals surface area contributed by atoms with Crippen molar-refractivity contribution in [1.29, 1.82) is 0 Å². The minimum atomic E-state index is -0.603. The van der Waals surface area contributed by atoms with Crippen molar-refractivity contribution in [2.24, 2.45) is 28.9 Å². The third kappa shape index (κ3) is 1.75. The van der Waals surface area contributed by atoms with Gasteiger partial charge in [0.15, 0.2) is 0 Å². The molecule has 1 unspecified atom stereocenters. The van der Waals surface area contributed by atoms with Crippen molar-refractivity contribution in [3.8, 4) is 0 Å². The molecule has 1 atom stereocenters. The Hall–Kier alpha value is -0.940. The molecule has 5 heteroatoms. The number of hydrogen-bond donors (Lipinski definition) is 2. The normalized spacial score (nSPS) is 41.7. The summed E-state index contributed by atoms with van der Waals surface area (Å²) in [6.07, 6.45) is 6.87. The summed E-state index contributed by atoms with van der Waals surface area (Å²) in [7, 11) is 0. The van der Waals surface area contributed by atoms with Crippen LogP contribution in [0.1, 0.15) is 56.4 Å². The van der Waals surface area contributed by atoms with E-state index in [1.54, 1.807) is 0 Å². The molecule has 4 saturated carbocycles. The third-order valence-electron chi connectivity index (χ3n) is 5.56. The number of aromatic nitrogens is 2. The van der Waals surface area contributed by atoms with Crippen molar-refractivity contribution >= 4 is 0 Å². The van der Waals surface area contributed by atoms with Gasteiger partial charge in [0, 0.05) is 5.41 Å². The lowest BCUT2D eigenvalue weighted by molar-refractivity contribution is -0.129. The van der Waals surface area contributed by atoms with Gasteiger partial charge in [-0.2, -0.15) is 0 Å². The van der Waals surface area contributed by atoms with Crippen LogP contribution in [0.5, 0.6) is 0 Å². The van der Waals surface area contributed by atoms with E-state index < -0.39 is 6.10 Å². The molecule has 3 N–H and O–H groups in total. The Morgan fingerprint density at radius 1 is 1.16 bits per heavy atom. The zero-order valence-electron chi connectivity index (χ0n) is 11.1. The molecule has 1 aromatic heterocycles. The van der Waals surface area contributed by atoms with Crippen LogP contribution in [-0.4, -0.2) is 15.3 Å². The van der Waals surface area contributed by atoms with Gasteiger partial charge in [0.05, 0.1) is 6.54 Å². The van der Waals surface area contributed by atoms with E-state index in [9.17, 15) is 5.11 Å². The Balaban J connectivity index is 1.63. The number of nitrogens with zero attached hydrogens (tertiary/aromatic N) is 2. The van der Waals surface area contributed by atoms with Crippen molar-refractivity contribution in [1.82, 2.24) is 10.2 Å². The van der Waals surface area contributed by atoms with Crippen molar-refractivity contribution in [3.05, 3.63) is 11.8 Å². The van der Waals surface area contributed by atoms with E-state index in [0.29, 0.717) is 11.8 Å². The number of aliphatic hydroxyl groups excluding tert-OH is 1. The smallest absolute Gasteiger partial charge is 0.245 e. The fourth-order valence-corrected chi connectivity index (χ4v) is 5.23. The van der Waals surface area contributed by atoms with Crippen LogP contribution in [0, 0.1) is 23.2 Å². The summed E-state index contributed by atoms with van der Waals surface area (Å²) < 4.78 is 5.49. The van der Waals surface area contributed by atoms with Gasteiger partial charge in [0.1, 0.15) is 6.10 Å². The maximum atomic E-state index is 10.8. The highest BCUT2D eigenvalue weighted by Crippen LogP contribution is 2.63. The van der Waals surface area contributed by atoms with E-state index in [4.69, 9.17) is 10.2 Å². The summed E-state index contributed by atoms with van der Waals surface area (Å²) in [6.45, 7) is 0.237. The minimum absolute atomic E-state index is 0.00679. The van der Waals surface area contributed by atoms with Gasteiger partial charge in [0.2, 0.25) is 11.8 Å². The van der Waals surface area contributed by atoms with E-state index in [1.165, 1.54) is 19.3 Å². The molecule has 1 heterocycles. The van der Waals surface area contributed by atoms with Crippen molar-refractivity contribution in [2.75, 3.05) is 0 Å². The van der Waals surface area contributed by atoms with Gasteiger partial charge in [-0.3, -0.25) is 0 Å². The number of rotatable bonds is 3. The predicted octanol–water partition coefficient (Wildman–Crippen LogP) is 1.78. The summed E-state index contributed by atoms with van der Waals surface area (Å²) in [5, 5.41) is 18.6. The molecule has 5 nitrogen and oxygen atoms in total. The van der Waals surface area contributed by atoms with Crippen LogP contribution in [0.2, 0.25) is 0 Å². The molecule has 0 spiro atoms. The van der Waals surface area contributed by atoms with Crippen LogP contribution in [0.4, 0.5) is 0 Å². The summed E-state index contributed by atoms with van der Waals surface area (Å²) in [5.74, 6) is 3.20. The highest BCUT2D eigenvalue weighted by molar-refractivity contribution is 5.07. The molecule has 1 aromatic rings. The molecule has 0 aromatic carbocycles. The fourth-order valence-electron chi connectivity index (χ4n) is 5.23. The molecule has 0 radical (unpaired) electrons. The molecule has 4 aliphatic carbocycles. The topological polar surface area (TPSA) is 85.2 Å². The van der Waals surface area contributed by atoms with Crippen LogP contribution in [0.3, 0.4) is 0 Å². The predicted molar refractivity (Wildman–Crippen MR) is 67.8 cm³/mol.